The average Bonchev–Trinajstić information content (AvgIpc) is 2.63. The summed E-state index contributed by atoms with van der Waals surface area (Å²) >= 11 is 18.0. The van der Waals surface area contributed by atoms with E-state index in [-0.39, 0.29) is 10.3 Å². The number of hydrogen-bond acceptors (Lipinski definition) is 4. The van der Waals surface area contributed by atoms with E-state index in [0.29, 0.717) is 41.1 Å². The molecule has 2 aromatic rings. The smallest absolute Gasteiger partial charge is 0.179 e. The Balaban J connectivity index is 2.10. The van der Waals surface area contributed by atoms with Crippen LogP contribution in [0.2, 0.25) is 15.3 Å². The molecule has 1 aromatic heterocycles. The molecule has 7 heteroatoms. The Kier molecular flexibility index (Phi) is 3.87. The van der Waals surface area contributed by atoms with Crippen molar-refractivity contribution in [2.24, 2.45) is 0 Å². The summed E-state index contributed by atoms with van der Waals surface area (Å²) in [6.07, 6.45) is 0.805. The number of fused-ring (bicyclic) bond motifs is 1. The monoisotopic (exact) mass is 330 g/mol. The van der Waals surface area contributed by atoms with Crippen LogP contribution in [0.4, 0.5) is 0 Å². The van der Waals surface area contributed by atoms with E-state index in [9.17, 15) is 0 Å². The van der Waals surface area contributed by atoms with Crippen molar-refractivity contribution >= 4 is 34.8 Å². The summed E-state index contributed by atoms with van der Waals surface area (Å²) in [6.45, 7) is 1.15. The van der Waals surface area contributed by atoms with Gasteiger partial charge in [-0.3, -0.25) is 0 Å². The highest BCUT2D eigenvalue weighted by Crippen LogP contribution is 2.40. The number of halogens is 3. The van der Waals surface area contributed by atoms with Crippen LogP contribution < -0.4 is 9.47 Å². The number of aromatic nitrogens is 2. The van der Waals surface area contributed by atoms with Gasteiger partial charge >= 0.3 is 0 Å². The van der Waals surface area contributed by atoms with E-state index < -0.39 is 0 Å². The van der Waals surface area contributed by atoms with Crippen LogP contribution in [0.3, 0.4) is 0 Å². The first-order valence-electron chi connectivity index (χ1n) is 5.93. The molecule has 0 saturated heterocycles. The van der Waals surface area contributed by atoms with Crippen LogP contribution in [-0.4, -0.2) is 23.2 Å². The molecule has 1 aromatic carbocycles. The zero-order chi connectivity index (χ0) is 14.1. The van der Waals surface area contributed by atoms with Gasteiger partial charge in [0.05, 0.1) is 18.2 Å². The van der Waals surface area contributed by atoms with Crippen molar-refractivity contribution in [2.75, 3.05) is 13.2 Å². The zero-order valence-electron chi connectivity index (χ0n) is 10.2. The van der Waals surface area contributed by atoms with Crippen LogP contribution in [0.5, 0.6) is 11.5 Å². The molecule has 0 bridgehead atoms. The normalized spacial score (nSPS) is 13.9. The molecule has 1 aliphatic heterocycles. The summed E-state index contributed by atoms with van der Waals surface area (Å²) in [7, 11) is 0. The molecule has 0 atom stereocenters. The van der Waals surface area contributed by atoms with Crippen molar-refractivity contribution < 1.29 is 9.47 Å². The minimum Gasteiger partial charge on any atom is -0.489 e. The molecule has 1 aliphatic rings. The van der Waals surface area contributed by atoms with Gasteiger partial charge in [-0.25, -0.2) is 9.97 Å². The molecule has 2 heterocycles. The second-order valence-corrected chi connectivity index (χ2v) is 5.35. The summed E-state index contributed by atoms with van der Waals surface area (Å²) in [4.78, 5) is 8.27. The van der Waals surface area contributed by atoms with Crippen LogP contribution in [0, 0.1) is 0 Å². The van der Waals surface area contributed by atoms with Crippen LogP contribution in [0.25, 0.3) is 11.4 Å². The maximum Gasteiger partial charge on any atom is 0.179 e. The SMILES string of the molecule is Clc1cc(Cl)nc(-c2cc(Cl)c3c(c2)OCCCO3)n1. The molecule has 0 aliphatic carbocycles. The quantitative estimate of drug-likeness (QED) is 0.732. The Morgan fingerprint density at radius 1 is 0.900 bits per heavy atom. The molecule has 0 N–H and O–H groups in total. The van der Waals surface area contributed by atoms with Gasteiger partial charge in [0.2, 0.25) is 0 Å². The van der Waals surface area contributed by atoms with Gasteiger partial charge in [0.1, 0.15) is 10.3 Å². The van der Waals surface area contributed by atoms with E-state index in [1.54, 1.807) is 12.1 Å². The first-order chi connectivity index (χ1) is 9.63. The molecule has 104 valence electrons. The molecule has 0 radical (unpaired) electrons. The van der Waals surface area contributed by atoms with Crippen molar-refractivity contribution in [1.82, 2.24) is 9.97 Å². The Hall–Kier alpha value is -1.23. The van der Waals surface area contributed by atoms with E-state index in [1.807, 2.05) is 0 Å². The third-order valence-electron chi connectivity index (χ3n) is 2.72. The predicted molar refractivity (Wildman–Crippen MR) is 78.1 cm³/mol. The van der Waals surface area contributed by atoms with Crippen LogP contribution in [-0.2, 0) is 0 Å². The Morgan fingerprint density at radius 2 is 1.60 bits per heavy atom. The summed E-state index contributed by atoms with van der Waals surface area (Å²) < 4.78 is 11.2. The third kappa shape index (κ3) is 2.77. The molecule has 3 rings (SSSR count). The van der Waals surface area contributed by atoms with Gasteiger partial charge in [-0.05, 0) is 12.1 Å². The van der Waals surface area contributed by atoms with Crippen molar-refractivity contribution in [3.8, 4) is 22.9 Å². The highest BCUT2D eigenvalue weighted by atomic mass is 35.5. The lowest BCUT2D eigenvalue weighted by Crippen LogP contribution is -1.97. The van der Waals surface area contributed by atoms with E-state index in [4.69, 9.17) is 44.3 Å². The van der Waals surface area contributed by atoms with Gasteiger partial charge in [-0.15, -0.1) is 0 Å². The molecular formula is C13H9Cl3N2O2. The molecule has 4 nitrogen and oxygen atoms in total. The van der Waals surface area contributed by atoms with Crippen LogP contribution >= 0.6 is 34.8 Å². The summed E-state index contributed by atoms with van der Waals surface area (Å²) in [5.74, 6) is 1.51. The summed E-state index contributed by atoms with van der Waals surface area (Å²) in [5.41, 5.74) is 0.670. The number of ether oxygens (including phenoxy) is 2. The van der Waals surface area contributed by atoms with Crippen LogP contribution in [0.1, 0.15) is 6.42 Å². The topological polar surface area (TPSA) is 44.2 Å². The van der Waals surface area contributed by atoms with E-state index in [0.717, 1.165) is 6.42 Å². The number of nitrogens with zero attached hydrogens (tertiary/aromatic N) is 2. The van der Waals surface area contributed by atoms with Gasteiger partial charge in [0.25, 0.3) is 0 Å². The van der Waals surface area contributed by atoms with Crippen molar-refractivity contribution in [3.63, 3.8) is 0 Å². The first kappa shape index (κ1) is 13.7. The fourth-order valence-electron chi connectivity index (χ4n) is 1.88. The van der Waals surface area contributed by atoms with Gasteiger partial charge < -0.3 is 9.47 Å². The molecule has 0 fully saturated rings. The molecular weight excluding hydrogens is 323 g/mol. The van der Waals surface area contributed by atoms with Crippen molar-refractivity contribution in [1.29, 1.82) is 0 Å². The molecule has 0 spiro atoms. The van der Waals surface area contributed by atoms with E-state index >= 15 is 0 Å². The minimum absolute atomic E-state index is 0.267. The van der Waals surface area contributed by atoms with Crippen molar-refractivity contribution in [3.05, 3.63) is 33.5 Å². The average molecular weight is 332 g/mol. The lowest BCUT2D eigenvalue weighted by molar-refractivity contribution is 0.297. The van der Waals surface area contributed by atoms with Crippen LogP contribution in [0.15, 0.2) is 18.2 Å². The van der Waals surface area contributed by atoms with E-state index in [2.05, 4.69) is 9.97 Å². The molecule has 0 saturated carbocycles. The lowest BCUT2D eigenvalue weighted by Gasteiger charge is -2.11. The number of benzene rings is 1. The summed E-state index contributed by atoms with van der Waals surface area (Å²) in [5, 5.41) is 0.977. The molecule has 0 amide bonds. The highest BCUT2D eigenvalue weighted by molar-refractivity contribution is 6.33. The number of hydrogen-bond donors (Lipinski definition) is 0. The largest absolute Gasteiger partial charge is 0.489 e. The first-order valence-corrected chi connectivity index (χ1v) is 7.06. The highest BCUT2D eigenvalue weighted by Gasteiger charge is 2.17. The third-order valence-corrected chi connectivity index (χ3v) is 3.39. The van der Waals surface area contributed by atoms with Crippen molar-refractivity contribution in [2.45, 2.75) is 6.42 Å². The standard InChI is InChI=1S/C13H9Cl3N2O2/c14-8-4-7(13-17-10(15)6-11(16)18-13)5-9-12(8)20-3-1-2-19-9/h4-6H,1-3H2. The summed E-state index contributed by atoms with van der Waals surface area (Å²) in [6, 6.07) is 4.95. The van der Waals surface area contributed by atoms with Gasteiger partial charge in [-0.1, -0.05) is 34.8 Å². The predicted octanol–water partition coefficient (Wildman–Crippen LogP) is 4.27. The lowest BCUT2D eigenvalue weighted by atomic mass is 10.2. The van der Waals surface area contributed by atoms with Gasteiger partial charge in [-0.2, -0.15) is 0 Å². The second-order valence-electron chi connectivity index (χ2n) is 4.17. The van der Waals surface area contributed by atoms with E-state index in [1.165, 1.54) is 6.07 Å². The Labute approximate surface area is 130 Å². The fraction of sp³-hybridized carbons (Fsp3) is 0.231. The minimum atomic E-state index is 0.267. The maximum atomic E-state index is 6.22. The second kappa shape index (κ2) is 5.64. The van der Waals surface area contributed by atoms with Gasteiger partial charge in [0, 0.05) is 18.1 Å². The zero-order valence-corrected chi connectivity index (χ0v) is 12.5. The molecule has 20 heavy (non-hydrogen) atoms. The van der Waals surface area contributed by atoms with Gasteiger partial charge in [0.15, 0.2) is 17.3 Å². The Morgan fingerprint density at radius 3 is 2.35 bits per heavy atom. The Bertz CT molecular complexity index is 644. The molecule has 0 unspecified atom stereocenters. The fourth-order valence-corrected chi connectivity index (χ4v) is 2.57. The maximum absolute atomic E-state index is 6.22. The number of rotatable bonds is 1.